The van der Waals surface area contributed by atoms with E-state index in [9.17, 15) is 14.9 Å². The highest BCUT2D eigenvalue weighted by atomic mass is 32.1. The summed E-state index contributed by atoms with van der Waals surface area (Å²) >= 11 is 1.34. The van der Waals surface area contributed by atoms with Crippen LogP contribution in [0.5, 0.6) is 0 Å². The lowest BCUT2D eigenvalue weighted by Crippen LogP contribution is -2.00. The van der Waals surface area contributed by atoms with Crippen molar-refractivity contribution in [3.05, 3.63) is 93.7 Å². The smallest absolute Gasteiger partial charge is 0.331 e. The number of hydrogen-bond acceptors (Lipinski definition) is 8. The fraction of sp³-hybridized carbons (Fsp3) is 0.0455. The summed E-state index contributed by atoms with van der Waals surface area (Å²) in [6.07, 6.45) is 2.87. The van der Waals surface area contributed by atoms with Crippen LogP contribution >= 0.6 is 11.3 Å². The summed E-state index contributed by atoms with van der Waals surface area (Å²) in [5.74, 6) is -0.0289. The van der Waals surface area contributed by atoms with E-state index in [0.717, 1.165) is 15.3 Å². The summed E-state index contributed by atoms with van der Waals surface area (Å²) < 4.78 is 10.6. The van der Waals surface area contributed by atoms with E-state index in [0.29, 0.717) is 11.5 Å². The van der Waals surface area contributed by atoms with Crippen molar-refractivity contribution in [2.45, 2.75) is 6.61 Å². The molecular weight excluding hydrogens is 418 g/mol. The lowest BCUT2D eigenvalue weighted by molar-refractivity contribution is -0.384. The quantitative estimate of drug-likeness (QED) is 0.172. The summed E-state index contributed by atoms with van der Waals surface area (Å²) in [6.45, 7) is -0.144. The Hall–Kier alpha value is -4.11. The van der Waals surface area contributed by atoms with Crippen LogP contribution in [0.4, 0.5) is 5.69 Å². The number of carbonyl (C=O) groups is 1. The molecule has 4 aromatic rings. The Balaban J connectivity index is 1.36. The number of thiophene rings is 1. The van der Waals surface area contributed by atoms with Crippen LogP contribution in [0.25, 0.3) is 28.0 Å². The molecule has 31 heavy (non-hydrogen) atoms. The van der Waals surface area contributed by atoms with Gasteiger partial charge in [0.25, 0.3) is 11.6 Å². The first-order valence-corrected chi connectivity index (χ1v) is 9.98. The molecule has 0 radical (unpaired) electrons. The van der Waals surface area contributed by atoms with E-state index in [2.05, 4.69) is 10.2 Å². The predicted octanol–water partition coefficient (Wildman–Crippen LogP) is 5.13. The van der Waals surface area contributed by atoms with Gasteiger partial charge in [-0.2, -0.15) is 0 Å². The summed E-state index contributed by atoms with van der Waals surface area (Å²) in [5.41, 5.74) is 1.35. The van der Waals surface area contributed by atoms with Gasteiger partial charge in [-0.3, -0.25) is 10.1 Å². The standard InChI is InChI=1S/C22H15N3O5S/c26-21(29-14-20-23-24-22(30-20)15-6-2-1-3-7-15)13-11-16-10-12-19(31-16)17-8-4-5-9-18(17)25(27)28/h1-13H,14H2/b13-11+. The van der Waals surface area contributed by atoms with Gasteiger partial charge in [-0.1, -0.05) is 30.3 Å². The van der Waals surface area contributed by atoms with E-state index >= 15 is 0 Å². The van der Waals surface area contributed by atoms with E-state index in [4.69, 9.17) is 9.15 Å². The normalized spacial score (nSPS) is 11.0. The van der Waals surface area contributed by atoms with Crippen LogP contribution in [0.15, 0.2) is 77.2 Å². The molecule has 9 heteroatoms. The largest absolute Gasteiger partial charge is 0.452 e. The van der Waals surface area contributed by atoms with Crippen molar-refractivity contribution in [1.82, 2.24) is 10.2 Å². The molecule has 0 aliphatic heterocycles. The molecule has 0 spiro atoms. The Morgan fingerprint density at radius 3 is 2.65 bits per heavy atom. The molecule has 0 aliphatic carbocycles. The molecule has 0 aliphatic rings. The average molecular weight is 433 g/mol. The van der Waals surface area contributed by atoms with Gasteiger partial charge in [0.15, 0.2) is 6.61 Å². The zero-order chi connectivity index (χ0) is 21.6. The molecule has 0 saturated heterocycles. The van der Waals surface area contributed by atoms with Crippen LogP contribution in [0.2, 0.25) is 0 Å². The number of hydrogen-bond donors (Lipinski definition) is 0. The molecule has 0 unspecified atom stereocenters. The van der Waals surface area contributed by atoms with Gasteiger partial charge in [0.1, 0.15) is 0 Å². The van der Waals surface area contributed by atoms with Crippen molar-refractivity contribution >= 4 is 29.1 Å². The van der Waals surface area contributed by atoms with Crippen molar-refractivity contribution in [2.75, 3.05) is 0 Å². The van der Waals surface area contributed by atoms with Crippen LogP contribution < -0.4 is 0 Å². The summed E-state index contributed by atoms with van der Waals surface area (Å²) in [4.78, 5) is 24.3. The number of rotatable bonds is 7. The predicted molar refractivity (Wildman–Crippen MR) is 115 cm³/mol. The third kappa shape index (κ3) is 4.90. The highest BCUT2D eigenvalue weighted by Crippen LogP contribution is 2.35. The summed E-state index contributed by atoms with van der Waals surface area (Å²) in [6, 6.07) is 19.4. The maximum absolute atomic E-state index is 12.0. The van der Waals surface area contributed by atoms with Crippen molar-refractivity contribution in [1.29, 1.82) is 0 Å². The molecule has 0 N–H and O–H groups in total. The Morgan fingerprint density at radius 2 is 1.84 bits per heavy atom. The third-order valence-electron chi connectivity index (χ3n) is 4.20. The van der Waals surface area contributed by atoms with E-state index in [1.54, 1.807) is 36.4 Å². The lowest BCUT2D eigenvalue weighted by atomic mass is 10.1. The second-order valence-electron chi connectivity index (χ2n) is 6.28. The summed E-state index contributed by atoms with van der Waals surface area (Å²) in [5, 5.41) is 19.0. The monoisotopic (exact) mass is 433 g/mol. The van der Waals surface area contributed by atoms with Crippen LogP contribution in [0.3, 0.4) is 0 Å². The van der Waals surface area contributed by atoms with Gasteiger partial charge >= 0.3 is 5.97 Å². The number of nitro benzene ring substituents is 1. The fourth-order valence-electron chi connectivity index (χ4n) is 2.77. The van der Waals surface area contributed by atoms with E-state index in [-0.39, 0.29) is 18.2 Å². The maximum atomic E-state index is 12.0. The van der Waals surface area contributed by atoms with Crippen molar-refractivity contribution in [2.24, 2.45) is 0 Å². The molecule has 2 aromatic heterocycles. The van der Waals surface area contributed by atoms with E-state index in [1.165, 1.54) is 23.5 Å². The van der Waals surface area contributed by atoms with Gasteiger partial charge in [0, 0.05) is 27.5 Å². The minimum absolute atomic E-state index is 0.0359. The highest BCUT2D eigenvalue weighted by Gasteiger charge is 2.15. The molecule has 4 rings (SSSR count). The zero-order valence-corrected chi connectivity index (χ0v) is 16.8. The van der Waals surface area contributed by atoms with Gasteiger partial charge in [0.05, 0.1) is 10.5 Å². The van der Waals surface area contributed by atoms with Gasteiger partial charge in [0.2, 0.25) is 5.89 Å². The van der Waals surface area contributed by atoms with Crippen molar-refractivity contribution in [3.63, 3.8) is 0 Å². The highest BCUT2D eigenvalue weighted by molar-refractivity contribution is 7.16. The minimum atomic E-state index is -0.569. The van der Waals surface area contributed by atoms with Crippen LogP contribution in [-0.2, 0) is 16.1 Å². The van der Waals surface area contributed by atoms with Gasteiger partial charge in [-0.15, -0.1) is 21.5 Å². The number of esters is 1. The molecule has 0 fully saturated rings. The number of nitrogens with zero attached hydrogens (tertiary/aromatic N) is 3. The third-order valence-corrected chi connectivity index (χ3v) is 5.29. The molecule has 0 atom stereocenters. The molecular formula is C22H15N3O5S. The molecule has 0 bridgehead atoms. The fourth-order valence-corrected chi connectivity index (χ4v) is 3.71. The minimum Gasteiger partial charge on any atom is -0.452 e. The van der Waals surface area contributed by atoms with Gasteiger partial charge < -0.3 is 9.15 Å². The SMILES string of the molecule is O=C(/C=C/c1ccc(-c2ccccc2[N+](=O)[O-])s1)OCc1nnc(-c2ccccc2)o1. The number of benzene rings is 2. The molecule has 0 saturated carbocycles. The van der Waals surface area contributed by atoms with Crippen molar-refractivity contribution in [3.8, 4) is 21.9 Å². The summed E-state index contributed by atoms with van der Waals surface area (Å²) in [7, 11) is 0. The lowest BCUT2D eigenvalue weighted by Gasteiger charge is -1.99. The second kappa shape index (κ2) is 9.14. The Bertz CT molecular complexity index is 1250. The Kier molecular flexibility index (Phi) is 5.95. The Labute approximate surface area is 180 Å². The van der Waals surface area contributed by atoms with Crippen LogP contribution in [0.1, 0.15) is 10.8 Å². The number of carbonyl (C=O) groups excluding carboxylic acids is 1. The second-order valence-corrected chi connectivity index (χ2v) is 7.40. The first-order valence-electron chi connectivity index (χ1n) is 9.16. The van der Waals surface area contributed by atoms with E-state index in [1.807, 2.05) is 30.3 Å². The first kappa shape index (κ1) is 20.2. The first-order chi connectivity index (χ1) is 15.1. The maximum Gasteiger partial charge on any atom is 0.331 e. The number of para-hydroxylation sites is 1. The van der Waals surface area contributed by atoms with E-state index < -0.39 is 10.9 Å². The average Bonchev–Trinajstić information content (AvgIpc) is 3.47. The van der Waals surface area contributed by atoms with Crippen LogP contribution in [0, 0.1) is 10.1 Å². The molecule has 154 valence electrons. The molecule has 2 heterocycles. The van der Waals surface area contributed by atoms with Gasteiger partial charge in [-0.25, -0.2) is 4.79 Å². The Morgan fingerprint density at radius 1 is 1.06 bits per heavy atom. The molecule has 0 amide bonds. The van der Waals surface area contributed by atoms with Crippen molar-refractivity contribution < 1.29 is 18.9 Å². The topological polar surface area (TPSA) is 108 Å². The van der Waals surface area contributed by atoms with Crippen LogP contribution in [-0.4, -0.2) is 21.1 Å². The number of aromatic nitrogens is 2. The van der Waals surface area contributed by atoms with Gasteiger partial charge in [-0.05, 0) is 36.4 Å². The molecule has 8 nitrogen and oxygen atoms in total. The zero-order valence-electron chi connectivity index (χ0n) is 16.0. The molecule has 2 aromatic carbocycles. The number of nitro groups is 1. The number of ether oxygens (including phenoxy) is 1.